The van der Waals surface area contributed by atoms with E-state index in [0.717, 1.165) is 18.4 Å². The average molecular weight is 422 g/mol. The van der Waals surface area contributed by atoms with E-state index in [1.165, 1.54) is 18.4 Å². The fourth-order valence-corrected chi connectivity index (χ4v) is 3.58. The van der Waals surface area contributed by atoms with Gasteiger partial charge in [0.25, 0.3) is 5.91 Å². The topological polar surface area (TPSA) is 71.8 Å². The molecular formula is C24H23FN2O4. The van der Waals surface area contributed by atoms with Crippen molar-refractivity contribution in [1.29, 1.82) is 0 Å². The largest absolute Gasteiger partial charge is 0.459 e. The van der Waals surface area contributed by atoms with Crippen LogP contribution < -0.4 is 10.1 Å². The van der Waals surface area contributed by atoms with Gasteiger partial charge >= 0.3 is 0 Å². The standard InChI is InChI=1S/C24H23FN2O4/c25-19-7-11-21(12-8-19)31-20-9-5-17(6-10-20)15-26-23(28)18-3-1-13-27(16-18)24(29)22-4-2-14-30-22/h2,4-12,14,18H,1,3,13,15-16H2,(H,26,28)/t18-/m0/s1. The molecule has 1 fully saturated rings. The molecule has 1 aliphatic rings. The molecule has 1 N–H and O–H groups in total. The van der Waals surface area contributed by atoms with E-state index in [2.05, 4.69) is 5.32 Å². The molecule has 0 saturated carbocycles. The molecule has 0 radical (unpaired) electrons. The van der Waals surface area contributed by atoms with Crippen molar-refractivity contribution < 1.29 is 23.1 Å². The van der Waals surface area contributed by atoms with E-state index in [1.54, 1.807) is 41.3 Å². The minimum atomic E-state index is -0.315. The molecule has 0 aliphatic carbocycles. The number of hydrogen-bond acceptors (Lipinski definition) is 4. The van der Waals surface area contributed by atoms with Crippen LogP contribution in [-0.4, -0.2) is 29.8 Å². The molecule has 2 aromatic carbocycles. The Morgan fingerprint density at radius 2 is 1.77 bits per heavy atom. The molecule has 1 atom stereocenters. The molecule has 2 heterocycles. The van der Waals surface area contributed by atoms with Gasteiger partial charge in [-0.1, -0.05) is 12.1 Å². The van der Waals surface area contributed by atoms with E-state index in [0.29, 0.717) is 36.9 Å². The summed E-state index contributed by atoms with van der Waals surface area (Å²) < 4.78 is 23.8. The van der Waals surface area contributed by atoms with Gasteiger partial charge in [-0.2, -0.15) is 0 Å². The molecule has 0 unspecified atom stereocenters. The normalized spacial score (nSPS) is 16.0. The van der Waals surface area contributed by atoms with Crippen molar-refractivity contribution in [1.82, 2.24) is 10.2 Å². The van der Waals surface area contributed by atoms with Crippen LogP contribution in [0.5, 0.6) is 11.5 Å². The Labute approximate surface area is 179 Å². The number of hydrogen-bond donors (Lipinski definition) is 1. The quantitative estimate of drug-likeness (QED) is 0.640. The number of carbonyl (C=O) groups excluding carboxylic acids is 2. The summed E-state index contributed by atoms with van der Waals surface area (Å²) in [4.78, 5) is 26.8. The van der Waals surface area contributed by atoms with E-state index in [1.807, 2.05) is 12.1 Å². The van der Waals surface area contributed by atoms with Gasteiger partial charge in [0.15, 0.2) is 5.76 Å². The number of rotatable bonds is 6. The number of carbonyl (C=O) groups is 2. The zero-order valence-corrected chi connectivity index (χ0v) is 16.9. The van der Waals surface area contributed by atoms with Crippen molar-refractivity contribution in [3.05, 3.63) is 84.1 Å². The smallest absolute Gasteiger partial charge is 0.289 e. The Bertz CT molecular complexity index is 1020. The Morgan fingerprint density at radius 3 is 2.45 bits per heavy atom. The number of nitrogens with zero attached hydrogens (tertiary/aromatic N) is 1. The predicted octanol–water partition coefficient (Wildman–Crippen LogP) is 4.38. The third kappa shape index (κ3) is 5.31. The summed E-state index contributed by atoms with van der Waals surface area (Å²) in [7, 11) is 0. The van der Waals surface area contributed by atoms with Gasteiger partial charge < -0.3 is 19.4 Å². The Kier molecular flexibility index (Phi) is 6.31. The van der Waals surface area contributed by atoms with E-state index >= 15 is 0 Å². The van der Waals surface area contributed by atoms with Crippen molar-refractivity contribution in [2.75, 3.05) is 13.1 Å². The van der Waals surface area contributed by atoms with Crippen LogP contribution in [-0.2, 0) is 11.3 Å². The van der Waals surface area contributed by atoms with Crippen molar-refractivity contribution >= 4 is 11.8 Å². The average Bonchev–Trinajstić information content (AvgIpc) is 3.34. The third-order valence-corrected chi connectivity index (χ3v) is 5.25. The summed E-state index contributed by atoms with van der Waals surface area (Å²) in [5.74, 6) is 0.667. The highest BCUT2D eigenvalue weighted by Gasteiger charge is 2.29. The lowest BCUT2D eigenvalue weighted by Crippen LogP contribution is -2.45. The van der Waals surface area contributed by atoms with Crippen LogP contribution in [0.25, 0.3) is 0 Å². The zero-order valence-electron chi connectivity index (χ0n) is 16.9. The summed E-state index contributed by atoms with van der Waals surface area (Å²) >= 11 is 0. The lowest BCUT2D eigenvalue weighted by atomic mass is 9.96. The van der Waals surface area contributed by atoms with E-state index in [9.17, 15) is 14.0 Å². The van der Waals surface area contributed by atoms with Gasteiger partial charge in [0.05, 0.1) is 12.2 Å². The maximum Gasteiger partial charge on any atom is 0.289 e. The van der Waals surface area contributed by atoms with Crippen LogP contribution in [0.2, 0.25) is 0 Å². The third-order valence-electron chi connectivity index (χ3n) is 5.25. The van der Waals surface area contributed by atoms with Crippen molar-refractivity contribution in [3.63, 3.8) is 0 Å². The highest BCUT2D eigenvalue weighted by atomic mass is 19.1. The van der Waals surface area contributed by atoms with Gasteiger partial charge in [0, 0.05) is 19.6 Å². The number of halogens is 1. The number of nitrogens with one attached hydrogen (secondary N) is 1. The summed E-state index contributed by atoms with van der Waals surface area (Å²) in [6.07, 6.45) is 3.00. The van der Waals surface area contributed by atoms with Crippen LogP contribution >= 0.6 is 0 Å². The van der Waals surface area contributed by atoms with Crippen molar-refractivity contribution in [2.24, 2.45) is 5.92 Å². The molecule has 6 nitrogen and oxygen atoms in total. The Hall–Kier alpha value is -3.61. The second-order valence-corrected chi connectivity index (χ2v) is 7.49. The first-order valence-corrected chi connectivity index (χ1v) is 10.2. The zero-order chi connectivity index (χ0) is 21.6. The van der Waals surface area contributed by atoms with Crippen LogP contribution in [0.1, 0.15) is 29.0 Å². The highest BCUT2D eigenvalue weighted by molar-refractivity contribution is 5.92. The van der Waals surface area contributed by atoms with Crippen molar-refractivity contribution in [2.45, 2.75) is 19.4 Å². The second kappa shape index (κ2) is 9.47. The molecule has 1 saturated heterocycles. The van der Waals surface area contributed by atoms with E-state index in [4.69, 9.17) is 9.15 Å². The molecule has 0 spiro atoms. The minimum Gasteiger partial charge on any atom is -0.459 e. The summed E-state index contributed by atoms with van der Waals surface area (Å²) in [6.45, 7) is 1.40. The van der Waals surface area contributed by atoms with Gasteiger partial charge in [-0.15, -0.1) is 0 Å². The van der Waals surface area contributed by atoms with Gasteiger partial charge in [-0.05, 0) is 66.9 Å². The van der Waals surface area contributed by atoms with Crippen LogP contribution in [0, 0.1) is 11.7 Å². The van der Waals surface area contributed by atoms with Gasteiger partial charge in [-0.25, -0.2) is 4.39 Å². The first kappa shape index (κ1) is 20.7. The maximum absolute atomic E-state index is 13.0. The molecule has 3 aromatic rings. The number of ether oxygens (including phenoxy) is 1. The fraction of sp³-hybridized carbons (Fsp3) is 0.250. The SMILES string of the molecule is O=C(NCc1ccc(Oc2ccc(F)cc2)cc1)[C@H]1CCCN(C(=O)c2ccco2)C1. The molecule has 31 heavy (non-hydrogen) atoms. The molecule has 7 heteroatoms. The number of amides is 2. The van der Waals surface area contributed by atoms with Crippen LogP contribution in [0.3, 0.4) is 0 Å². The molecule has 0 bridgehead atoms. The fourth-order valence-electron chi connectivity index (χ4n) is 3.58. The maximum atomic E-state index is 13.0. The second-order valence-electron chi connectivity index (χ2n) is 7.49. The predicted molar refractivity (Wildman–Crippen MR) is 112 cm³/mol. The lowest BCUT2D eigenvalue weighted by molar-refractivity contribution is -0.126. The minimum absolute atomic E-state index is 0.0661. The first-order valence-electron chi connectivity index (χ1n) is 10.2. The summed E-state index contributed by atoms with van der Waals surface area (Å²) in [5, 5.41) is 2.96. The number of furan rings is 1. The number of piperidine rings is 1. The lowest BCUT2D eigenvalue weighted by Gasteiger charge is -2.31. The molecule has 1 aromatic heterocycles. The van der Waals surface area contributed by atoms with E-state index < -0.39 is 0 Å². The first-order chi connectivity index (χ1) is 15.1. The number of benzene rings is 2. The molecular weight excluding hydrogens is 399 g/mol. The monoisotopic (exact) mass is 422 g/mol. The Morgan fingerprint density at radius 1 is 1.06 bits per heavy atom. The van der Waals surface area contributed by atoms with Crippen LogP contribution in [0.4, 0.5) is 4.39 Å². The van der Waals surface area contributed by atoms with Gasteiger partial charge in [-0.3, -0.25) is 9.59 Å². The van der Waals surface area contributed by atoms with E-state index in [-0.39, 0.29) is 23.5 Å². The molecule has 160 valence electrons. The molecule has 1 aliphatic heterocycles. The van der Waals surface area contributed by atoms with Crippen molar-refractivity contribution in [3.8, 4) is 11.5 Å². The summed E-state index contributed by atoms with van der Waals surface area (Å²) in [6, 6.07) is 16.5. The molecule has 2 amide bonds. The highest BCUT2D eigenvalue weighted by Crippen LogP contribution is 2.22. The Balaban J connectivity index is 1.28. The molecule has 4 rings (SSSR count). The number of likely N-dealkylation sites (tertiary alicyclic amines) is 1. The summed E-state index contributed by atoms with van der Waals surface area (Å²) in [5.41, 5.74) is 0.930. The van der Waals surface area contributed by atoms with Gasteiger partial charge in [0.1, 0.15) is 17.3 Å². The van der Waals surface area contributed by atoms with Crippen LogP contribution in [0.15, 0.2) is 71.3 Å². The van der Waals surface area contributed by atoms with Gasteiger partial charge in [0.2, 0.25) is 5.91 Å².